The highest BCUT2D eigenvalue weighted by molar-refractivity contribution is 7.91. The molecule has 0 amide bonds. The van der Waals surface area contributed by atoms with Crippen LogP contribution in [0, 0.1) is 0 Å². The normalized spacial score (nSPS) is 18.1. The van der Waals surface area contributed by atoms with Crippen molar-refractivity contribution in [1.29, 1.82) is 0 Å². The fourth-order valence-electron chi connectivity index (χ4n) is 2.08. The summed E-state index contributed by atoms with van der Waals surface area (Å²) in [6.45, 7) is 5.01. The molecule has 6 heteroatoms. The highest BCUT2D eigenvalue weighted by Gasteiger charge is 2.27. The van der Waals surface area contributed by atoms with Crippen LogP contribution in [0.2, 0.25) is 0 Å². The molecule has 0 unspecified atom stereocenters. The van der Waals surface area contributed by atoms with Crippen LogP contribution in [-0.2, 0) is 16.6 Å². The molecule has 0 saturated carbocycles. The molecule has 102 valence electrons. The lowest BCUT2D eigenvalue weighted by Gasteiger charge is -2.25. The molecule has 1 N–H and O–H groups in total. The van der Waals surface area contributed by atoms with Crippen LogP contribution in [0.3, 0.4) is 0 Å². The maximum atomic E-state index is 12.4. The number of sulfonamides is 1. The van der Waals surface area contributed by atoms with Gasteiger partial charge in [-0.2, -0.15) is 4.31 Å². The summed E-state index contributed by atoms with van der Waals surface area (Å²) in [5.74, 6) is 0. The lowest BCUT2D eigenvalue weighted by molar-refractivity contribution is 0.347. The van der Waals surface area contributed by atoms with E-state index in [2.05, 4.69) is 5.32 Å². The van der Waals surface area contributed by atoms with Crippen LogP contribution in [0.15, 0.2) is 15.7 Å². The van der Waals surface area contributed by atoms with E-state index >= 15 is 0 Å². The van der Waals surface area contributed by atoms with Crippen molar-refractivity contribution in [3.63, 3.8) is 0 Å². The molecule has 4 nitrogen and oxygen atoms in total. The monoisotopic (exact) mass is 288 g/mol. The Morgan fingerprint density at radius 3 is 2.72 bits per heavy atom. The van der Waals surface area contributed by atoms with Gasteiger partial charge in [-0.3, -0.25) is 0 Å². The van der Waals surface area contributed by atoms with Crippen LogP contribution in [0.5, 0.6) is 0 Å². The first-order chi connectivity index (χ1) is 8.64. The number of nitrogens with zero attached hydrogens (tertiary/aromatic N) is 1. The molecule has 0 bridgehead atoms. The summed E-state index contributed by atoms with van der Waals surface area (Å²) in [5.41, 5.74) is 1.05. The van der Waals surface area contributed by atoms with Gasteiger partial charge in [0.05, 0.1) is 0 Å². The number of thiophene rings is 1. The molecule has 1 aliphatic heterocycles. The summed E-state index contributed by atoms with van der Waals surface area (Å²) in [6.07, 6.45) is 3.10. The molecule has 0 atom stereocenters. The van der Waals surface area contributed by atoms with Crippen molar-refractivity contribution in [2.24, 2.45) is 0 Å². The minimum atomic E-state index is -3.24. The SMILES string of the molecule is CCNCc1csc(S(=O)(=O)N2CCCCC2)c1. The van der Waals surface area contributed by atoms with Crippen LogP contribution in [0.25, 0.3) is 0 Å². The first kappa shape index (κ1) is 14.0. The van der Waals surface area contributed by atoms with E-state index in [0.29, 0.717) is 17.3 Å². The molecule has 0 aromatic carbocycles. The van der Waals surface area contributed by atoms with E-state index in [-0.39, 0.29) is 0 Å². The molecular weight excluding hydrogens is 268 g/mol. The first-order valence-electron chi connectivity index (χ1n) is 6.43. The summed E-state index contributed by atoms with van der Waals surface area (Å²) in [4.78, 5) is 0. The lowest BCUT2D eigenvalue weighted by atomic mass is 10.2. The standard InChI is InChI=1S/C12H20N2O2S2/c1-2-13-9-11-8-12(17-10-11)18(15,16)14-6-4-3-5-7-14/h8,10,13H,2-7,9H2,1H3. The predicted octanol–water partition coefficient (Wildman–Crippen LogP) is 2.03. The van der Waals surface area contributed by atoms with Gasteiger partial charge in [-0.25, -0.2) is 8.42 Å². The zero-order valence-corrected chi connectivity index (χ0v) is 12.3. The van der Waals surface area contributed by atoms with E-state index in [1.165, 1.54) is 11.3 Å². The number of nitrogens with one attached hydrogen (secondary N) is 1. The van der Waals surface area contributed by atoms with E-state index in [1.54, 1.807) is 10.4 Å². The largest absolute Gasteiger partial charge is 0.313 e. The first-order valence-corrected chi connectivity index (χ1v) is 8.75. The van der Waals surface area contributed by atoms with Crippen LogP contribution in [0.4, 0.5) is 0 Å². The maximum Gasteiger partial charge on any atom is 0.252 e. The van der Waals surface area contributed by atoms with E-state index in [1.807, 2.05) is 12.3 Å². The van der Waals surface area contributed by atoms with E-state index in [4.69, 9.17) is 0 Å². The second kappa shape index (κ2) is 6.14. The number of piperidine rings is 1. The summed E-state index contributed by atoms with van der Waals surface area (Å²) >= 11 is 1.33. The molecule has 2 rings (SSSR count). The third-order valence-corrected chi connectivity index (χ3v) is 6.48. The Morgan fingerprint density at radius 2 is 2.06 bits per heavy atom. The van der Waals surface area contributed by atoms with Gasteiger partial charge in [0, 0.05) is 19.6 Å². The quantitative estimate of drug-likeness (QED) is 0.902. The zero-order valence-electron chi connectivity index (χ0n) is 10.7. The molecule has 0 spiro atoms. The van der Waals surface area contributed by atoms with Crippen molar-refractivity contribution in [1.82, 2.24) is 9.62 Å². The predicted molar refractivity (Wildman–Crippen MR) is 74.3 cm³/mol. The Balaban J connectivity index is 2.11. The number of rotatable bonds is 5. The summed E-state index contributed by atoms with van der Waals surface area (Å²) in [6, 6.07) is 1.80. The Hall–Kier alpha value is -0.430. The highest BCUT2D eigenvalue weighted by atomic mass is 32.2. The molecule has 1 fully saturated rings. The van der Waals surface area contributed by atoms with Gasteiger partial charge in [0.1, 0.15) is 4.21 Å². The molecule has 1 aromatic rings. The Bertz CT molecular complexity index is 476. The van der Waals surface area contributed by atoms with Crippen molar-refractivity contribution in [3.8, 4) is 0 Å². The van der Waals surface area contributed by atoms with Crippen molar-refractivity contribution in [2.75, 3.05) is 19.6 Å². The van der Waals surface area contributed by atoms with Gasteiger partial charge in [0.15, 0.2) is 0 Å². The van der Waals surface area contributed by atoms with Crippen molar-refractivity contribution < 1.29 is 8.42 Å². The Labute approximate surface area is 113 Å². The molecule has 1 aliphatic rings. The van der Waals surface area contributed by atoms with Gasteiger partial charge in [0.2, 0.25) is 0 Å². The minimum absolute atomic E-state index is 0.484. The van der Waals surface area contributed by atoms with Gasteiger partial charge in [-0.1, -0.05) is 13.3 Å². The number of hydrogen-bond donors (Lipinski definition) is 1. The van der Waals surface area contributed by atoms with Gasteiger partial charge in [-0.05, 0) is 36.4 Å². The molecule has 18 heavy (non-hydrogen) atoms. The third kappa shape index (κ3) is 3.12. The molecule has 1 aromatic heterocycles. The van der Waals surface area contributed by atoms with E-state index in [0.717, 1.165) is 37.9 Å². The second-order valence-corrected chi connectivity index (χ2v) is 7.60. The second-order valence-electron chi connectivity index (χ2n) is 4.52. The van der Waals surface area contributed by atoms with Gasteiger partial charge >= 0.3 is 0 Å². The molecule has 1 saturated heterocycles. The Kier molecular flexibility index (Phi) is 4.77. The lowest BCUT2D eigenvalue weighted by Crippen LogP contribution is -2.35. The van der Waals surface area contributed by atoms with Crippen LogP contribution in [0.1, 0.15) is 31.7 Å². The van der Waals surface area contributed by atoms with Crippen LogP contribution in [-0.4, -0.2) is 32.4 Å². The van der Waals surface area contributed by atoms with Crippen molar-refractivity contribution in [2.45, 2.75) is 36.9 Å². The maximum absolute atomic E-state index is 12.4. The molecule has 2 heterocycles. The summed E-state index contributed by atoms with van der Waals surface area (Å²) in [5, 5.41) is 5.14. The molecule has 0 radical (unpaired) electrons. The van der Waals surface area contributed by atoms with E-state index < -0.39 is 10.0 Å². The summed E-state index contributed by atoms with van der Waals surface area (Å²) < 4.78 is 26.9. The molecule has 0 aliphatic carbocycles. The van der Waals surface area contributed by atoms with Crippen LogP contribution < -0.4 is 5.32 Å². The van der Waals surface area contributed by atoms with Gasteiger partial charge in [0.25, 0.3) is 10.0 Å². The topological polar surface area (TPSA) is 49.4 Å². The fraction of sp³-hybridized carbons (Fsp3) is 0.667. The minimum Gasteiger partial charge on any atom is -0.313 e. The average molecular weight is 288 g/mol. The van der Waals surface area contributed by atoms with Crippen molar-refractivity contribution in [3.05, 3.63) is 17.0 Å². The highest BCUT2D eigenvalue weighted by Crippen LogP contribution is 2.26. The van der Waals surface area contributed by atoms with E-state index in [9.17, 15) is 8.42 Å². The molecular formula is C12H20N2O2S2. The number of hydrogen-bond acceptors (Lipinski definition) is 4. The van der Waals surface area contributed by atoms with Gasteiger partial charge < -0.3 is 5.32 Å². The zero-order chi connectivity index (χ0) is 13.0. The van der Waals surface area contributed by atoms with Crippen molar-refractivity contribution >= 4 is 21.4 Å². The Morgan fingerprint density at radius 1 is 1.33 bits per heavy atom. The third-order valence-electron chi connectivity index (χ3n) is 3.12. The average Bonchev–Trinajstić information content (AvgIpc) is 2.87. The van der Waals surface area contributed by atoms with Crippen LogP contribution >= 0.6 is 11.3 Å². The smallest absolute Gasteiger partial charge is 0.252 e. The summed E-state index contributed by atoms with van der Waals surface area (Å²) in [7, 11) is -3.24. The van der Waals surface area contributed by atoms with Gasteiger partial charge in [-0.15, -0.1) is 11.3 Å². The fourth-order valence-corrected chi connectivity index (χ4v) is 4.96.